The first kappa shape index (κ1) is 12.8. The molecule has 16 heavy (non-hydrogen) atoms. The van der Waals surface area contributed by atoms with Crippen LogP contribution in [0.25, 0.3) is 0 Å². The minimum atomic E-state index is -4.00. The summed E-state index contributed by atoms with van der Waals surface area (Å²) < 4.78 is 31.7. The smallest absolute Gasteiger partial charge is 0.339 e. The average molecular weight is 265 g/mol. The summed E-state index contributed by atoms with van der Waals surface area (Å²) in [4.78, 5) is 11.0. The Kier molecular flexibility index (Phi) is 3.77. The van der Waals surface area contributed by atoms with E-state index in [9.17, 15) is 13.2 Å². The van der Waals surface area contributed by atoms with Gasteiger partial charge in [-0.3, -0.25) is 0 Å². The fraction of sp³-hybridized carbons (Fsp3) is 0.222. The summed E-state index contributed by atoms with van der Waals surface area (Å²) in [6, 6.07) is 3.83. The Morgan fingerprint density at radius 2 is 1.94 bits per heavy atom. The average Bonchev–Trinajstić information content (AvgIpc) is 2.25. The molecule has 88 valence electrons. The SMILES string of the molecule is COC(=O)c1cc(OC)ccc1S(=O)(=O)Cl. The normalized spacial score (nSPS) is 10.9. The molecule has 0 bridgehead atoms. The molecule has 0 aliphatic carbocycles. The van der Waals surface area contributed by atoms with Crippen LogP contribution in [0.1, 0.15) is 10.4 Å². The highest BCUT2D eigenvalue weighted by Gasteiger charge is 2.21. The second kappa shape index (κ2) is 4.71. The third kappa shape index (κ3) is 2.65. The number of hydrogen-bond donors (Lipinski definition) is 0. The van der Waals surface area contributed by atoms with Crippen LogP contribution in [0.5, 0.6) is 5.75 Å². The van der Waals surface area contributed by atoms with Crippen molar-refractivity contribution in [3.63, 3.8) is 0 Å². The van der Waals surface area contributed by atoms with Crippen molar-refractivity contribution >= 4 is 25.7 Å². The van der Waals surface area contributed by atoms with Gasteiger partial charge in [-0.05, 0) is 18.2 Å². The van der Waals surface area contributed by atoms with E-state index in [0.29, 0.717) is 5.75 Å². The van der Waals surface area contributed by atoms with Crippen molar-refractivity contribution in [2.45, 2.75) is 4.90 Å². The Labute approximate surface area is 97.3 Å². The molecule has 0 unspecified atom stereocenters. The van der Waals surface area contributed by atoms with E-state index >= 15 is 0 Å². The van der Waals surface area contributed by atoms with Gasteiger partial charge in [0.2, 0.25) is 0 Å². The second-order valence-electron chi connectivity index (χ2n) is 2.79. The van der Waals surface area contributed by atoms with Gasteiger partial charge >= 0.3 is 5.97 Å². The molecule has 5 nitrogen and oxygen atoms in total. The van der Waals surface area contributed by atoms with Crippen LogP contribution < -0.4 is 4.74 Å². The van der Waals surface area contributed by atoms with E-state index in [1.54, 1.807) is 0 Å². The van der Waals surface area contributed by atoms with Crippen molar-refractivity contribution in [1.82, 2.24) is 0 Å². The van der Waals surface area contributed by atoms with Crippen LogP contribution in [-0.2, 0) is 13.8 Å². The van der Waals surface area contributed by atoms with Gasteiger partial charge in [0.15, 0.2) is 0 Å². The van der Waals surface area contributed by atoms with Crippen LogP contribution in [0.4, 0.5) is 0 Å². The number of benzene rings is 1. The molecule has 0 aliphatic rings. The van der Waals surface area contributed by atoms with E-state index in [1.807, 2.05) is 0 Å². The zero-order chi connectivity index (χ0) is 12.3. The molecule has 0 atom stereocenters. The highest BCUT2D eigenvalue weighted by molar-refractivity contribution is 8.13. The number of hydrogen-bond acceptors (Lipinski definition) is 5. The zero-order valence-corrected chi connectivity index (χ0v) is 10.1. The van der Waals surface area contributed by atoms with Gasteiger partial charge in [-0.1, -0.05) is 0 Å². The maximum atomic E-state index is 11.3. The first-order valence-electron chi connectivity index (χ1n) is 4.11. The minimum absolute atomic E-state index is 0.156. The monoisotopic (exact) mass is 264 g/mol. The van der Waals surface area contributed by atoms with Gasteiger partial charge in [-0.15, -0.1) is 0 Å². The highest BCUT2D eigenvalue weighted by Crippen LogP contribution is 2.25. The van der Waals surface area contributed by atoms with Crippen molar-refractivity contribution < 1.29 is 22.7 Å². The van der Waals surface area contributed by atoms with Crippen molar-refractivity contribution in [3.8, 4) is 5.75 Å². The van der Waals surface area contributed by atoms with Crippen molar-refractivity contribution in [1.29, 1.82) is 0 Å². The van der Waals surface area contributed by atoms with E-state index in [0.717, 1.165) is 7.11 Å². The van der Waals surface area contributed by atoms with Crippen LogP contribution in [0.15, 0.2) is 23.1 Å². The van der Waals surface area contributed by atoms with Crippen LogP contribution in [-0.4, -0.2) is 28.6 Å². The lowest BCUT2D eigenvalue weighted by Crippen LogP contribution is -2.07. The third-order valence-electron chi connectivity index (χ3n) is 1.85. The molecule has 1 aromatic rings. The van der Waals surface area contributed by atoms with Gasteiger partial charge in [0.05, 0.1) is 24.7 Å². The molecule has 0 aliphatic heterocycles. The van der Waals surface area contributed by atoms with E-state index in [-0.39, 0.29) is 10.5 Å². The molecule has 0 aromatic heterocycles. The third-order valence-corrected chi connectivity index (χ3v) is 3.23. The van der Waals surface area contributed by atoms with Gasteiger partial charge in [-0.25, -0.2) is 13.2 Å². The Bertz CT molecular complexity index is 509. The van der Waals surface area contributed by atoms with Gasteiger partial charge in [0.25, 0.3) is 9.05 Å². The first-order chi connectivity index (χ1) is 7.40. The number of halogens is 1. The number of rotatable bonds is 3. The van der Waals surface area contributed by atoms with Crippen molar-refractivity contribution in [3.05, 3.63) is 23.8 Å². The van der Waals surface area contributed by atoms with Gasteiger partial charge < -0.3 is 9.47 Å². The number of carbonyl (C=O) groups is 1. The highest BCUT2D eigenvalue weighted by atomic mass is 35.7. The lowest BCUT2D eigenvalue weighted by Gasteiger charge is -2.07. The summed E-state index contributed by atoms with van der Waals surface area (Å²) >= 11 is 0. The quantitative estimate of drug-likeness (QED) is 0.610. The first-order valence-corrected chi connectivity index (χ1v) is 6.42. The van der Waals surface area contributed by atoms with Crippen LogP contribution in [0.2, 0.25) is 0 Å². The Hall–Kier alpha value is -1.27. The summed E-state index contributed by atoms with van der Waals surface area (Å²) in [7, 11) is 3.73. The topological polar surface area (TPSA) is 69.7 Å². The molecule has 0 saturated heterocycles. The van der Waals surface area contributed by atoms with Gasteiger partial charge in [0.1, 0.15) is 5.75 Å². The predicted octanol–water partition coefficient (Wildman–Crippen LogP) is 1.41. The van der Waals surface area contributed by atoms with Crippen LogP contribution in [0.3, 0.4) is 0 Å². The molecule has 0 amide bonds. The summed E-state index contributed by atoms with van der Waals surface area (Å²) in [6.45, 7) is 0. The van der Waals surface area contributed by atoms with Crippen molar-refractivity contribution in [2.75, 3.05) is 14.2 Å². The van der Waals surface area contributed by atoms with Gasteiger partial charge in [0, 0.05) is 10.7 Å². The maximum absolute atomic E-state index is 11.3. The molecular weight excluding hydrogens is 256 g/mol. The maximum Gasteiger partial charge on any atom is 0.339 e. The van der Waals surface area contributed by atoms with E-state index in [4.69, 9.17) is 15.4 Å². The van der Waals surface area contributed by atoms with E-state index in [1.165, 1.54) is 25.3 Å². The fourth-order valence-electron chi connectivity index (χ4n) is 1.12. The predicted molar refractivity (Wildman–Crippen MR) is 57.4 cm³/mol. The largest absolute Gasteiger partial charge is 0.497 e. The molecule has 0 fully saturated rings. The van der Waals surface area contributed by atoms with E-state index < -0.39 is 15.0 Å². The zero-order valence-electron chi connectivity index (χ0n) is 8.56. The molecule has 0 N–H and O–H groups in total. The molecule has 0 saturated carbocycles. The van der Waals surface area contributed by atoms with Crippen LogP contribution >= 0.6 is 10.7 Å². The molecule has 1 rings (SSSR count). The molecule has 0 radical (unpaired) electrons. The summed E-state index contributed by atoms with van der Waals surface area (Å²) in [5, 5.41) is 0. The second-order valence-corrected chi connectivity index (χ2v) is 5.33. The van der Waals surface area contributed by atoms with Gasteiger partial charge in [-0.2, -0.15) is 0 Å². The van der Waals surface area contributed by atoms with Crippen LogP contribution in [0, 0.1) is 0 Å². The number of esters is 1. The number of carbonyl (C=O) groups excluding carboxylic acids is 1. The molecule has 1 aromatic carbocycles. The lowest BCUT2D eigenvalue weighted by molar-refractivity contribution is 0.0596. The Morgan fingerprint density at radius 3 is 2.38 bits per heavy atom. The summed E-state index contributed by atoms with van der Waals surface area (Å²) in [5.41, 5.74) is -0.156. The molecular formula is C9H9ClO5S. The minimum Gasteiger partial charge on any atom is -0.497 e. The molecule has 7 heteroatoms. The molecule has 0 spiro atoms. The Balaban J connectivity index is 3.45. The summed E-state index contributed by atoms with van der Waals surface area (Å²) in [5.74, 6) is -0.456. The fourth-order valence-corrected chi connectivity index (χ4v) is 2.16. The lowest BCUT2D eigenvalue weighted by atomic mass is 10.2. The Morgan fingerprint density at radius 1 is 1.31 bits per heavy atom. The molecule has 0 heterocycles. The standard InChI is InChI=1S/C9H9ClO5S/c1-14-6-3-4-8(16(10,12)13)7(5-6)9(11)15-2/h3-5H,1-2H3. The van der Waals surface area contributed by atoms with Crippen molar-refractivity contribution in [2.24, 2.45) is 0 Å². The summed E-state index contributed by atoms with van der Waals surface area (Å²) in [6.07, 6.45) is 0. The van der Waals surface area contributed by atoms with E-state index in [2.05, 4.69) is 4.74 Å². The number of ether oxygens (including phenoxy) is 2. The number of methoxy groups -OCH3 is 2.